The van der Waals surface area contributed by atoms with Gasteiger partial charge in [-0.05, 0) is 44.4 Å². The maximum atomic E-state index is 14.1. The van der Waals surface area contributed by atoms with E-state index in [2.05, 4.69) is 16.7 Å². The predicted octanol–water partition coefficient (Wildman–Crippen LogP) is 2.80. The van der Waals surface area contributed by atoms with Gasteiger partial charge < -0.3 is 14.7 Å². The van der Waals surface area contributed by atoms with Gasteiger partial charge in [0.05, 0.1) is 11.3 Å². The molecule has 0 aromatic heterocycles. The highest BCUT2D eigenvalue weighted by molar-refractivity contribution is 6.00. The molecule has 0 aliphatic carbocycles. The number of likely N-dealkylation sites (N-methyl/N-ethyl adjacent to an activating group) is 1. The number of ketones is 1. The lowest BCUT2D eigenvalue weighted by Crippen LogP contribution is -2.49. The monoisotopic (exact) mass is 375 g/mol. The van der Waals surface area contributed by atoms with Crippen molar-refractivity contribution in [1.82, 2.24) is 9.80 Å². The summed E-state index contributed by atoms with van der Waals surface area (Å²) in [6.45, 7) is 9.71. The number of benzene rings is 1. The summed E-state index contributed by atoms with van der Waals surface area (Å²) in [5, 5.41) is 0. The SMILES string of the molecule is CCN1CCN(C(=O)CC2CCN(c3cccc(F)c3C(C)=O)CC2)CC1. The molecule has 2 heterocycles. The van der Waals surface area contributed by atoms with Crippen LogP contribution in [0.5, 0.6) is 0 Å². The number of piperazine rings is 1. The van der Waals surface area contributed by atoms with Crippen LogP contribution in [0.25, 0.3) is 0 Å². The van der Waals surface area contributed by atoms with E-state index in [1.54, 1.807) is 6.07 Å². The van der Waals surface area contributed by atoms with Crippen LogP contribution in [0.2, 0.25) is 0 Å². The van der Waals surface area contributed by atoms with Gasteiger partial charge in [0.15, 0.2) is 5.78 Å². The van der Waals surface area contributed by atoms with Crippen LogP contribution in [0.3, 0.4) is 0 Å². The number of carbonyl (C=O) groups is 2. The van der Waals surface area contributed by atoms with Crippen LogP contribution >= 0.6 is 0 Å². The number of anilines is 1. The minimum atomic E-state index is -0.455. The fourth-order valence-corrected chi connectivity index (χ4v) is 4.19. The highest BCUT2D eigenvalue weighted by Crippen LogP contribution is 2.29. The summed E-state index contributed by atoms with van der Waals surface area (Å²) in [5.74, 6) is -0.0678. The van der Waals surface area contributed by atoms with Gasteiger partial charge in [0.25, 0.3) is 0 Å². The Balaban J connectivity index is 1.53. The molecule has 6 heteroatoms. The Morgan fingerprint density at radius 3 is 2.33 bits per heavy atom. The fourth-order valence-electron chi connectivity index (χ4n) is 4.19. The molecular weight excluding hydrogens is 345 g/mol. The van der Waals surface area contributed by atoms with Crippen molar-refractivity contribution in [3.05, 3.63) is 29.6 Å². The molecule has 27 heavy (non-hydrogen) atoms. The molecule has 1 amide bonds. The molecule has 0 spiro atoms. The maximum Gasteiger partial charge on any atom is 0.222 e. The average Bonchev–Trinajstić information content (AvgIpc) is 2.68. The molecule has 1 aromatic carbocycles. The topological polar surface area (TPSA) is 43.9 Å². The van der Waals surface area contributed by atoms with Crippen LogP contribution in [0, 0.1) is 11.7 Å². The van der Waals surface area contributed by atoms with Gasteiger partial charge in [-0.2, -0.15) is 0 Å². The molecule has 148 valence electrons. The van der Waals surface area contributed by atoms with Gasteiger partial charge >= 0.3 is 0 Å². The van der Waals surface area contributed by atoms with Gasteiger partial charge in [0.1, 0.15) is 5.82 Å². The summed E-state index contributed by atoms with van der Waals surface area (Å²) in [4.78, 5) is 30.9. The van der Waals surface area contributed by atoms with Crippen LogP contribution in [-0.4, -0.2) is 67.3 Å². The number of carbonyl (C=O) groups excluding carboxylic acids is 2. The molecule has 2 saturated heterocycles. The van der Waals surface area contributed by atoms with E-state index in [0.29, 0.717) is 18.0 Å². The van der Waals surface area contributed by atoms with Crippen LogP contribution in [-0.2, 0) is 4.79 Å². The number of nitrogens with zero attached hydrogens (tertiary/aromatic N) is 3. The van der Waals surface area contributed by atoms with E-state index in [-0.39, 0.29) is 17.3 Å². The van der Waals surface area contributed by atoms with Gasteiger partial charge in [-0.15, -0.1) is 0 Å². The zero-order valence-electron chi connectivity index (χ0n) is 16.4. The zero-order chi connectivity index (χ0) is 19.4. The Kier molecular flexibility index (Phi) is 6.47. The van der Waals surface area contributed by atoms with Crippen molar-refractivity contribution >= 4 is 17.4 Å². The summed E-state index contributed by atoms with van der Waals surface area (Å²) >= 11 is 0. The number of hydrogen-bond acceptors (Lipinski definition) is 4. The number of amides is 1. The molecular formula is C21H30FN3O2. The van der Waals surface area contributed by atoms with Gasteiger partial charge in [0.2, 0.25) is 5.91 Å². The van der Waals surface area contributed by atoms with Crippen LogP contribution in [0.15, 0.2) is 18.2 Å². The molecule has 0 N–H and O–H groups in total. The first-order valence-electron chi connectivity index (χ1n) is 10.0. The predicted molar refractivity (Wildman–Crippen MR) is 105 cm³/mol. The van der Waals surface area contributed by atoms with Crippen LogP contribution < -0.4 is 4.90 Å². The van der Waals surface area contributed by atoms with E-state index in [4.69, 9.17) is 0 Å². The second kappa shape index (κ2) is 8.83. The van der Waals surface area contributed by atoms with Crippen molar-refractivity contribution in [2.75, 3.05) is 50.7 Å². The molecule has 3 rings (SSSR count). The Bertz CT molecular complexity index is 678. The lowest BCUT2D eigenvalue weighted by molar-refractivity contribution is -0.134. The standard InChI is InChI=1S/C21H30FN3O2/c1-3-23-11-13-25(14-12-23)20(27)15-17-7-9-24(10-8-17)19-6-4-5-18(22)21(19)16(2)26/h4-6,17H,3,7-15H2,1-2H3. The average molecular weight is 375 g/mol. The fraction of sp³-hybridized carbons (Fsp3) is 0.619. The lowest BCUT2D eigenvalue weighted by atomic mass is 9.92. The van der Waals surface area contributed by atoms with Crippen molar-refractivity contribution in [2.45, 2.75) is 33.1 Å². The largest absolute Gasteiger partial charge is 0.371 e. The second-order valence-corrected chi connectivity index (χ2v) is 7.64. The Morgan fingerprint density at radius 2 is 1.74 bits per heavy atom. The number of rotatable bonds is 5. The highest BCUT2D eigenvalue weighted by atomic mass is 19.1. The van der Waals surface area contributed by atoms with Crippen molar-refractivity contribution in [1.29, 1.82) is 0 Å². The van der Waals surface area contributed by atoms with Crippen molar-refractivity contribution in [3.63, 3.8) is 0 Å². The van der Waals surface area contributed by atoms with Crippen LogP contribution in [0.1, 0.15) is 43.5 Å². The first kappa shape index (κ1) is 19.8. The Hall–Kier alpha value is -1.95. The summed E-state index contributed by atoms with van der Waals surface area (Å²) in [5.41, 5.74) is 0.865. The first-order valence-corrected chi connectivity index (χ1v) is 10.0. The summed E-state index contributed by atoms with van der Waals surface area (Å²) < 4.78 is 14.1. The third-order valence-electron chi connectivity index (χ3n) is 5.93. The molecule has 2 fully saturated rings. The number of halogens is 1. The van der Waals surface area contributed by atoms with E-state index < -0.39 is 5.82 Å². The van der Waals surface area contributed by atoms with Crippen molar-refractivity contribution in [3.8, 4) is 0 Å². The Labute approximate surface area is 161 Å². The molecule has 2 aliphatic heterocycles. The van der Waals surface area contributed by atoms with Gasteiger partial charge in [-0.1, -0.05) is 13.0 Å². The van der Waals surface area contributed by atoms with E-state index in [0.717, 1.165) is 58.7 Å². The molecule has 0 unspecified atom stereocenters. The lowest BCUT2D eigenvalue weighted by Gasteiger charge is -2.37. The quantitative estimate of drug-likeness (QED) is 0.743. The van der Waals surface area contributed by atoms with Crippen molar-refractivity contribution in [2.24, 2.45) is 5.92 Å². The zero-order valence-corrected chi connectivity index (χ0v) is 16.4. The number of hydrogen-bond donors (Lipinski definition) is 0. The highest BCUT2D eigenvalue weighted by Gasteiger charge is 2.27. The van der Waals surface area contributed by atoms with E-state index >= 15 is 0 Å². The molecule has 0 bridgehead atoms. The summed E-state index contributed by atoms with van der Waals surface area (Å²) in [6.07, 6.45) is 2.39. The molecule has 2 aliphatic rings. The smallest absolute Gasteiger partial charge is 0.222 e. The maximum absolute atomic E-state index is 14.1. The van der Waals surface area contributed by atoms with E-state index in [9.17, 15) is 14.0 Å². The number of piperidine rings is 1. The Morgan fingerprint density at radius 1 is 1.07 bits per heavy atom. The van der Waals surface area contributed by atoms with Gasteiger partial charge in [-0.3, -0.25) is 9.59 Å². The van der Waals surface area contributed by atoms with Crippen molar-refractivity contribution < 1.29 is 14.0 Å². The molecule has 0 saturated carbocycles. The third kappa shape index (κ3) is 4.67. The van der Waals surface area contributed by atoms with Gasteiger partial charge in [-0.25, -0.2) is 4.39 Å². The molecule has 1 aromatic rings. The van der Waals surface area contributed by atoms with Crippen LogP contribution in [0.4, 0.5) is 10.1 Å². The minimum Gasteiger partial charge on any atom is -0.371 e. The summed E-state index contributed by atoms with van der Waals surface area (Å²) in [7, 11) is 0. The molecule has 0 atom stereocenters. The summed E-state index contributed by atoms with van der Waals surface area (Å²) in [6, 6.07) is 4.81. The minimum absolute atomic E-state index is 0.181. The molecule has 0 radical (unpaired) electrons. The second-order valence-electron chi connectivity index (χ2n) is 7.64. The first-order chi connectivity index (χ1) is 13.0. The number of Topliss-reactive ketones (excluding diaryl/α,β-unsaturated/α-hetero) is 1. The molecule has 5 nitrogen and oxygen atoms in total. The van der Waals surface area contributed by atoms with Gasteiger partial charge in [0, 0.05) is 45.7 Å². The normalized spacial score (nSPS) is 19.4. The third-order valence-corrected chi connectivity index (χ3v) is 5.93. The van der Waals surface area contributed by atoms with E-state index in [1.807, 2.05) is 11.0 Å². The van der Waals surface area contributed by atoms with E-state index in [1.165, 1.54) is 13.0 Å².